The van der Waals surface area contributed by atoms with Gasteiger partial charge in [-0.25, -0.2) is 0 Å². The highest BCUT2D eigenvalue weighted by molar-refractivity contribution is 4.89. The quantitative estimate of drug-likeness (QED) is 0.515. The van der Waals surface area contributed by atoms with Crippen molar-refractivity contribution in [1.82, 2.24) is 0 Å². The first-order chi connectivity index (χ1) is 5.70. The monoisotopic (exact) mass is 168 g/mol. The van der Waals surface area contributed by atoms with Crippen molar-refractivity contribution in [2.45, 2.75) is 53.4 Å². The minimum Gasteiger partial charge on any atom is -0.0854 e. The van der Waals surface area contributed by atoms with Crippen LogP contribution in [-0.2, 0) is 0 Å². The van der Waals surface area contributed by atoms with Crippen LogP contribution in [0.5, 0.6) is 0 Å². The third kappa shape index (κ3) is 6.45. The van der Waals surface area contributed by atoms with E-state index in [9.17, 15) is 0 Å². The molecular weight excluding hydrogens is 144 g/mol. The zero-order chi connectivity index (χ0) is 9.40. The van der Waals surface area contributed by atoms with E-state index in [4.69, 9.17) is 0 Å². The van der Waals surface area contributed by atoms with Crippen LogP contribution in [-0.4, -0.2) is 0 Å². The predicted octanol–water partition coefficient (Wildman–Crippen LogP) is 4.42. The van der Waals surface area contributed by atoms with Crippen molar-refractivity contribution in [3.05, 3.63) is 12.2 Å². The van der Waals surface area contributed by atoms with Gasteiger partial charge >= 0.3 is 0 Å². The van der Waals surface area contributed by atoms with Crippen molar-refractivity contribution in [1.29, 1.82) is 0 Å². The maximum atomic E-state index is 2.38. The van der Waals surface area contributed by atoms with Gasteiger partial charge in [0.15, 0.2) is 0 Å². The lowest BCUT2D eigenvalue weighted by atomic mass is 10.0. The molecule has 2 atom stereocenters. The topological polar surface area (TPSA) is 0 Å². The molecule has 0 rings (SSSR count). The fraction of sp³-hybridized carbons (Fsp3) is 0.833. The van der Waals surface area contributed by atoms with Gasteiger partial charge in [0, 0.05) is 0 Å². The lowest BCUT2D eigenvalue weighted by Crippen LogP contribution is -1.92. The van der Waals surface area contributed by atoms with E-state index in [2.05, 4.69) is 39.8 Å². The van der Waals surface area contributed by atoms with Crippen molar-refractivity contribution in [3.63, 3.8) is 0 Å². The molecule has 0 nitrogen and oxygen atoms in total. The molecule has 0 amide bonds. The number of hydrogen-bond acceptors (Lipinski definition) is 0. The second-order valence-electron chi connectivity index (χ2n) is 3.92. The molecule has 0 aromatic heterocycles. The molecule has 0 aliphatic heterocycles. The van der Waals surface area contributed by atoms with E-state index in [-0.39, 0.29) is 0 Å². The highest BCUT2D eigenvalue weighted by atomic mass is 14.0. The Morgan fingerprint density at radius 1 is 0.833 bits per heavy atom. The number of rotatable bonds is 6. The number of hydrogen-bond donors (Lipinski definition) is 0. The van der Waals surface area contributed by atoms with Crippen molar-refractivity contribution in [3.8, 4) is 0 Å². The molecule has 0 bridgehead atoms. The third-order valence-corrected chi connectivity index (χ3v) is 2.26. The van der Waals surface area contributed by atoms with E-state index < -0.39 is 0 Å². The van der Waals surface area contributed by atoms with Gasteiger partial charge < -0.3 is 0 Å². The van der Waals surface area contributed by atoms with Gasteiger partial charge in [-0.1, -0.05) is 52.7 Å². The third-order valence-electron chi connectivity index (χ3n) is 2.26. The molecule has 0 N–H and O–H groups in total. The molecule has 0 aromatic rings. The van der Waals surface area contributed by atoms with Crippen LogP contribution < -0.4 is 0 Å². The van der Waals surface area contributed by atoms with Gasteiger partial charge in [0.05, 0.1) is 0 Å². The Kier molecular flexibility index (Phi) is 7.23. The van der Waals surface area contributed by atoms with E-state index in [0.717, 1.165) is 11.8 Å². The van der Waals surface area contributed by atoms with Crippen LogP contribution >= 0.6 is 0 Å². The van der Waals surface area contributed by atoms with Crippen LogP contribution in [0, 0.1) is 11.8 Å². The molecule has 72 valence electrons. The average Bonchev–Trinajstić information content (AvgIpc) is 2.02. The lowest BCUT2D eigenvalue weighted by Gasteiger charge is -2.06. The summed E-state index contributed by atoms with van der Waals surface area (Å²) in [6.07, 6.45) is 10.0. The Balaban J connectivity index is 3.57. The fourth-order valence-electron chi connectivity index (χ4n) is 1.48. The first-order valence-electron chi connectivity index (χ1n) is 5.39. The molecule has 0 aliphatic carbocycles. The van der Waals surface area contributed by atoms with Gasteiger partial charge in [-0.2, -0.15) is 0 Å². The van der Waals surface area contributed by atoms with Crippen LogP contribution in [0.3, 0.4) is 0 Å². The molecule has 0 fully saturated rings. The number of allylic oxidation sites excluding steroid dienone is 2. The smallest absolute Gasteiger partial charge is 0.0262 e. The molecule has 0 heteroatoms. The van der Waals surface area contributed by atoms with Gasteiger partial charge in [0.1, 0.15) is 0 Å². The molecule has 0 spiro atoms. The van der Waals surface area contributed by atoms with Crippen LogP contribution in [0.1, 0.15) is 53.4 Å². The lowest BCUT2D eigenvalue weighted by molar-refractivity contribution is 0.603. The van der Waals surface area contributed by atoms with E-state index in [0.29, 0.717) is 0 Å². The summed E-state index contributed by atoms with van der Waals surface area (Å²) in [7, 11) is 0. The van der Waals surface area contributed by atoms with Crippen LogP contribution in [0.4, 0.5) is 0 Å². The van der Waals surface area contributed by atoms with Crippen molar-refractivity contribution in [2.75, 3.05) is 0 Å². The average molecular weight is 168 g/mol. The van der Waals surface area contributed by atoms with Crippen molar-refractivity contribution >= 4 is 0 Å². The molecule has 12 heavy (non-hydrogen) atoms. The maximum absolute atomic E-state index is 2.38. The second kappa shape index (κ2) is 7.39. The molecular formula is C12H24. The van der Waals surface area contributed by atoms with E-state index in [1.54, 1.807) is 0 Å². The first-order valence-corrected chi connectivity index (χ1v) is 5.39. The molecule has 0 aliphatic rings. The summed E-state index contributed by atoms with van der Waals surface area (Å²) in [5.41, 5.74) is 0. The van der Waals surface area contributed by atoms with Gasteiger partial charge in [-0.15, -0.1) is 0 Å². The molecule has 0 heterocycles. The standard InChI is InChI=1S/C12H24/c1-5-7-11(3)9-10-12(4)8-6-2/h9-12H,5-8H2,1-4H3/b10-9+. The first kappa shape index (κ1) is 11.7. The summed E-state index contributed by atoms with van der Waals surface area (Å²) in [6, 6.07) is 0. The predicted molar refractivity (Wildman–Crippen MR) is 57.3 cm³/mol. The second-order valence-corrected chi connectivity index (χ2v) is 3.92. The molecule has 0 saturated heterocycles. The Morgan fingerprint density at radius 2 is 1.17 bits per heavy atom. The zero-order valence-electron chi connectivity index (χ0n) is 9.14. The molecule has 0 radical (unpaired) electrons. The van der Waals surface area contributed by atoms with Crippen molar-refractivity contribution < 1.29 is 0 Å². The Morgan fingerprint density at radius 3 is 1.42 bits per heavy atom. The SMILES string of the molecule is CCCC(C)/C=C/C(C)CCC. The van der Waals surface area contributed by atoms with Gasteiger partial charge in [-0.05, 0) is 24.7 Å². The highest BCUT2D eigenvalue weighted by Crippen LogP contribution is 2.11. The zero-order valence-corrected chi connectivity index (χ0v) is 9.14. The van der Waals surface area contributed by atoms with E-state index >= 15 is 0 Å². The molecule has 2 unspecified atom stereocenters. The van der Waals surface area contributed by atoms with Gasteiger partial charge in [-0.3, -0.25) is 0 Å². The minimum atomic E-state index is 0.773. The largest absolute Gasteiger partial charge is 0.0854 e. The van der Waals surface area contributed by atoms with Crippen LogP contribution in [0.2, 0.25) is 0 Å². The Hall–Kier alpha value is -0.260. The van der Waals surface area contributed by atoms with Crippen molar-refractivity contribution in [2.24, 2.45) is 11.8 Å². The summed E-state index contributed by atoms with van der Waals surface area (Å²) < 4.78 is 0. The van der Waals surface area contributed by atoms with Gasteiger partial charge in [0.2, 0.25) is 0 Å². The highest BCUT2D eigenvalue weighted by Gasteiger charge is 1.97. The summed E-state index contributed by atoms with van der Waals surface area (Å²) in [4.78, 5) is 0. The molecule has 0 saturated carbocycles. The normalized spacial score (nSPS) is 16.7. The van der Waals surface area contributed by atoms with E-state index in [1.165, 1.54) is 25.7 Å². The maximum Gasteiger partial charge on any atom is -0.0262 e. The fourth-order valence-corrected chi connectivity index (χ4v) is 1.48. The summed E-state index contributed by atoms with van der Waals surface area (Å²) >= 11 is 0. The van der Waals surface area contributed by atoms with E-state index in [1.807, 2.05) is 0 Å². The minimum absolute atomic E-state index is 0.773. The summed E-state index contributed by atoms with van der Waals surface area (Å²) in [5, 5.41) is 0. The van der Waals surface area contributed by atoms with Gasteiger partial charge in [0.25, 0.3) is 0 Å². The Bertz CT molecular complexity index is 99.2. The molecule has 0 aromatic carbocycles. The summed E-state index contributed by atoms with van der Waals surface area (Å²) in [6.45, 7) is 9.11. The Labute approximate surface area is 78.1 Å². The summed E-state index contributed by atoms with van der Waals surface area (Å²) in [5.74, 6) is 1.55. The van der Waals surface area contributed by atoms with Crippen LogP contribution in [0.15, 0.2) is 12.2 Å². The van der Waals surface area contributed by atoms with Crippen LogP contribution in [0.25, 0.3) is 0 Å².